The number of pyridine rings is 1. The number of hydrogen-bond donors (Lipinski definition) is 0. The topological polar surface area (TPSA) is 51.7 Å². The second kappa shape index (κ2) is 8.89. The molecule has 0 aliphatic carbocycles. The van der Waals surface area contributed by atoms with Crippen LogP contribution < -0.4 is 4.74 Å². The van der Waals surface area contributed by atoms with Gasteiger partial charge in [-0.15, -0.1) is 0 Å². The van der Waals surface area contributed by atoms with Crippen molar-refractivity contribution in [1.29, 1.82) is 0 Å². The first-order valence-corrected chi connectivity index (χ1v) is 9.56. The maximum atomic E-state index is 12.5. The third-order valence-corrected chi connectivity index (χ3v) is 4.96. The summed E-state index contributed by atoms with van der Waals surface area (Å²) in [6, 6.07) is 13.9. The third-order valence-electron chi connectivity index (χ3n) is 4.96. The van der Waals surface area contributed by atoms with Crippen LogP contribution >= 0.6 is 0 Å². The molecule has 1 aliphatic heterocycles. The van der Waals surface area contributed by atoms with E-state index in [1.807, 2.05) is 61.2 Å². The van der Waals surface area contributed by atoms with Crippen LogP contribution in [-0.2, 0) is 11.3 Å². The largest absolute Gasteiger partial charge is 0.493 e. The van der Waals surface area contributed by atoms with Crippen LogP contribution in [0.15, 0.2) is 42.5 Å². The Bertz CT molecular complexity index is 743. The van der Waals surface area contributed by atoms with Gasteiger partial charge in [0.1, 0.15) is 12.4 Å². The Kier molecular flexibility index (Phi) is 6.32. The van der Waals surface area contributed by atoms with E-state index in [4.69, 9.17) is 9.47 Å². The lowest BCUT2D eigenvalue weighted by molar-refractivity contribution is 0.0502. The van der Waals surface area contributed by atoms with E-state index in [0.717, 1.165) is 35.5 Å². The van der Waals surface area contributed by atoms with E-state index >= 15 is 0 Å². The highest BCUT2D eigenvalue weighted by Crippen LogP contribution is 2.24. The number of amides is 1. The Balaban J connectivity index is 1.53. The molecule has 0 N–H and O–H groups in total. The second-order valence-corrected chi connectivity index (χ2v) is 7.38. The summed E-state index contributed by atoms with van der Waals surface area (Å²) in [5.41, 5.74) is 2.90. The lowest BCUT2D eigenvalue weighted by Gasteiger charge is -2.37. The molecule has 5 nitrogen and oxygen atoms in total. The Hall–Kier alpha value is -2.56. The molecular weight excluding hydrogens is 340 g/mol. The van der Waals surface area contributed by atoms with Gasteiger partial charge in [0.25, 0.3) is 0 Å². The van der Waals surface area contributed by atoms with Gasteiger partial charge in [-0.05, 0) is 39.2 Å². The summed E-state index contributed by atoms with van der Waals surface area (Å²) >= 11 is 0. The van der Waals surface area contributed by atoms with E-state index in [1.54, 1.807) is 0 Å². The van der Waals surface area contributed by atoms with Gasteiger partial charge in [-0.2, -0.15) is 0 Å². The van der Waals surface area contributed by atoms with Crippen LogP contribution in [0.1, 0.15) is 36.7 Å². The number of rotatable bonds is 5. The van der Waals surface area contributed by atoms with Gasteiger partial charge in [0, 0.05) is 42.0 Å². The minimum Gasteiger partial charge on any atom is -0.493 e. The molecule has 2 aromatic rings. The fourth-order valence-electron chi connectivity index (χ4n) is 3.47. The molecule has 1 aromatic carbocycles. The summed E-state index contributed by atoms with van der Waals surface area (Å²) in [5, 5.41) is 0. The summed E-state index contributed by atoms with van der Waals surface area (Å²) in [6.45, 7) is 7.57. The number of ether oxygens (including phenoxy) is 2. The Morgan fingerprint density at radius 1 is 1.15 bits per heavy atom. The molecule has 0 saturated carbocycles. The summed E-state index contributed by atoms with van der Waals surface area (Å²) < 4.78 is 11.5. The average molecular weight is 368 g/mol. The van der Waals surface area contributed by atoms with E-state index in [0.29, 0.717) is 25.7 Å². The molecule has 27 heavy (non-hydrogen) atoms. The van der Waals surface area contributed by atoms with Crippen molar-refractivity contribution in [3.8, 4) is 5.75 Å². The van der Waals surface area contributed by atoms with Crippen molar-refractivity contribution in [2.75, 3.05) is 13.2 Å². The fraction of sp³-hybridized carbons (Fsp3) is 0.455. The van der Waals surface area contributed by atoms with Crippen molar-refractivity contribution in [3.63, 3.8) is 0 Å². The average Bonchev–Trinajstić information content (AvgIpc) is 2.65. The molecule has 144 valence electrons. The van der Waals surface area contributed by atoms with Crippen LogP contribution in [0.5, 0.6) is 5.75 Å². The van der Waals surface area contributed by atoms with Gasteiger partial charge in [-0.25, -0.2) is 4.79 Å². The standard InChI is InChI=1S/C22H28N2O3/c1-16-11-21(12-17(2)23-16)26-15-20-10-9-18(3)24(13-20)22(25)27-14-19-7-5-4-6-8-19/h4-8,11-12,18,20H,9-10,13-15H2,1-3H3/t18-,20+/m1/s1. The first-order chi connectivity index (χ1) is 13.0. The van der Waals surface area contributed by atoms with Gasteiger partial charge in [0.05, 0.1) is 6.61 Å². The first kappa shape index (κ1) is 19.2. The van der Waals surface area contributed by atoms with Crippen LogP contribution in [0, 0.1) is 19.8 Å². The van der Waals surface area contributed by atoms with Crippen molar-refractivity contribution < 1.29 is 14.3 Å². The predicted octanol–water partition coefficient (Wildman–Crippen LogP) is 4.51. The number of aryl methyl sites for hydroxylation is 2. The Morgan fingerprint density at radius 2 is 1.85 bits per heavy atom. The molecule has 2 heterocycles. The molecule has 0 unspecified atom stereocenters. The van der Waals surface area contributed by atoms with E-state index < -0.39 is 0 Å². The number of hydrogen-bond acceptors (Lipinski definition) is 4. The van der Waals surface area contributed by atoms with Crippen LogP contribution in [-0.4, -0.2) is 35.2 Å². The van der Waals surface area contributed by atoms with Crippen molar-refractivity contribution in [2.24, 2.45) is 5.92 Å². The van der Waals surface area contributed by atoms with Crippen LogP contribution in [0.25, 0.3) is 0 Å². The van der Waals surface area contributed by atoms with Gasteiger partial charge in [0.15, 0.2) is 0 Å². The maximum absolute atomic E-state index is 12.5. The van der Waals surface area contributed by atoms with E-state index in [-0.39, 0.29) is 12.1 Å². The highest BCUT2D eigenvalue weighted by molar-refractivity contribution is 5.68. The van der Waals surface area contributed by atoms with Crippen molar-refractivity contribution in [2.45, 2.75) is 46.3 Å². The van der Waals surface area contributed by atoms with Gasteiger partial charge < -0.3 is 14.4 Å². The minimum atomic E-state index is -0.244. The van der Waals surface area contributed by atoms with Crippen molar-refractivity contribution in [1.82, 2.24) is 9.88 Å². The molecule has 0 radical (unpaired) electrons. The molecule has 2 atom stereocenters. The Labute approximate surface area is 161 Å². The quantitative estimate of drug-likeness (QED) is 0.779. The van der Waals surface area contributed by atoms with Crippen LogP contribution in [0.3, 0.4) is 0 Å². The van der Waals surface area contributed by atoms with Gasteiger partial charge >= 0.3 is 6.09 Å². The highest BCUT2D eigenvalue weighted by atomic mass is 16.6. The number of carbonyl (C=O) groups excluding carboxylic acids is 1. The van der Waals surface area contributed by atoms with Crippen molar-refractivity contribution in [3.05, 3.63) is 59.4 Å². The number of likely N-dealkylation sites (tertiary alicyclic amines) is 1. The van der Waals surface area contributed by atoms with Gasteiger partial charge in [0.2, 0.25) is 0 Å². The molecule has 0 spiro atoms. The van der Waals surface area contributed by atoms with E-state index in [2.05, 4.69) is 11.9 Å². The smallest absolute Gasteiger partial charge is 0.410 e. The normalized spacial score (nSPS) is 19.6. The monoisotopic (exact) mass is 368 g/mol. The van der Waals surface area contributed by atoms with Crippen LogP contribution in [0.4, 0.5) is 4.79 Å². The molecule has 1 aromatic heterocycles. The predicted molar refractivity (Wildman–Crippen MR) is 105 cm³/mol. The molecule has 1 saturated heterocycles. The molecular formula is C22H28N2O3. The number of nitrogens with zero attached hydrogens (tertiary/aromatic N) is 2. The lowest BCUT2D eigenvalue weighted by atomic mass is 9.94. The van der Waals surface area contributed by atoms with Gasteiger partial charge in [-0.3, -0.25) is 4.98 Å². The minimum absolute atomic E-state index is 0.190. The van der Waals surface area contributed by atoms with Gasteiger partial charge in [-0.1, -0.05) is 30.3 Å². The summed E-state index contributed by atoms with van der Waals surface area (Å²) in [6.07, 6.45) is 1.77. The Morgan fingerprint density at radius 3 is 2.56 bits per heavy atom. The highest BCUT2D eigenvalue weighted by Gasteiger charge is 2.30. The van der Waals surface area contributed by atoms with E-state index in [9.17, 15) is 4.79 Å². The summed E-state index contributed by atoms with van der Waals surface area (Å²) in [4.78, 5) is 18.8. The van der Waals surface area contributed by atoms with Crippen molar-refractivity contribution >= 4 is 6.09 Å². The molecule has 3 rings (SSSR count). The molecule has 1 amide bonds. The summed E-state index contributed by atoms with van der Waals surface area (Å²) in [7, 11) is 0. The molecule has 1 aliphatic rings. The van der Waals surface area contributed by atoms with Crippen LogP contribution in [0.2, 0.25) is 0 Å². The summed E-state index contributed by atoms with van der Waals surface area (Å²) in [5.74, 6) is 1.15. The second-order valence-electron chi connectivity index (χ2n) is 7.38. The number of carbonyl (C=O) groups is 1. The lowest BCUT2D eigenvalue weighted by Crippen LogP contribution is -2.47. The molecule has 1 fully saturated rings. The zero-order valence-corrected chi connectivity index (χ0v) is 16.4. The zero-order valence-electron chi connectivity index (χ0n) is 16.4. The third kappa shape index (κ3) is 5.46. The molecule has 5 heteroatoms. The molecule has 0 bridgehead atoms. The zero-order chi connectivity index (χ0) is 19.2. The number of piperidine rings is 1. The fourth-order valence-corrected chi connectivity index (χ4v) is 3.47. The maximum Gasteiger partial charge on any atom is 0.410 e. The SMILES string of the molecule is Cc1cc(OC[C@H]2CC[C@@H](C)N(C(=O)OCc3ccccc3)C2)cc(C)n1. The number of benzene rings is 1. The number of aromatic nitrogens is 1. The first-order valence-electron chi connectivity index (χ1n) is 9.56. The van der Waals surface area contributed by atoms with E-state index in [1.165, 1.54) is 0 Å².